The molecule has 1 aliphatic carbocycles. The van der Waals surface area contributed by atoms with E-state index < -0.39 is 0 Å². The second-order valence-corrected chi connectivity index (χ2v) is 10.2. The molecule has 0 atom stereocenters. The minimum atomic E-state index is -0.280. The van der Waals surface area contributed by atoms with Crippen LogP contribution in [0.25, 0.3) is 16.8 Å². The third kappa shape index (κ3) is 5.26. The predicted molar refractivity (Wildman–Crippen MR) is 155 cm³/mol. The van der Waals surface area contributed by atoms with E-state index in [0.29, 0.717) is 12.1 Å². The molecule has 1 heterocycles. The minimum Gasteiger partial charge on any atom is -0.339 e. The number of allylic oxidation sites excluding steroid dienone is 4. The molecule has 192 valence electrons. The quantitative estimate of drug-likeness (QED) is 0.268. The van der Waals surface area contributed by atoms with Gasteiger partial charge in [0.15, 0.2) is 0 Å². The van der Waals surface area contributed by atoms with Crippen LogP contribution in [0.1, 0.15) is 65.3 Å². The van der Waals surface area contributed by atoms with Crippen LogP contribution in [0, 0.1) is 12.7 Å². The Kier molecular flexibility index (Phi) is 7.41. The highest BCUT2D eigenvalue weighted by Gasteiger charge is 2.31. The third-order valence-corrected chi connectivity index (χ3v) is 6.99. The van der Waals surface area contributed by atoms with Gasteiger partial charge in [-0.25, -0.2) is 4.39 Å². The van der Waals surface area contributed by atoms with Crippen LogP contribution in [0.2, 0.25) is 0 Å². The maximum Gasteiger partial charge on any atom is 0.258 e. The van der Waals surface area contributed by atoms with E-state index in [-0.39, 0.29) is 17.6 Å². The van der Waals surface area contributed by atoms with Crippen molar-refractivity contribution in [3.63, 3.8) is 0 Å². The largest absolute Gasteiger partial charge is 0.339 e. The first kappa shape index (κ1) is 25.5. The Morgan fingerprint density at radius 1 is 1.00 bits per heavy atom. The number of anilines is 1. The molecular weight excluding hydrogens is 471 g/mol. The molecule has 0 bridgehead atoms. The Balaban J connectivity index is 1.81. The smallest absolute Gasteiger partial charge is 0.258 e. The van der Waals surface area contributed by atoms with Crippen LogP contribution in [0.3, 0.4) is 0 Å². The Hall–Kier alpha value is -4.18. The van der Waals surface area contributed by atoms with Crippen molar-refractivity contribution in [2.75, 3.05) is 5.32 Å². The Labute approximate surface area is 224 Å². The summed E-state index contributed by atoms with van der Waals surface area (Å²) < 4.78 is 16.3. The van der Waals surface area contributed by atoms with Crippen LogP contribution < -0.4 is 5.32 Å². The molecule has 38 heavy (non-hydrogen) atoms. The molecule has 1 aromatic heterocycles. The van der Waals surface area contributed by atoms with Crippen LogP contribution in [0.4, 0.5) is 10.1 Å². The van der Waals surface area contributed by atoms with E-state index in [4.69, 9.17) is 0 Å². The van der Waals surface area contributed by atoms with Gasteiger partial charge in [-0.3, -0.25) is 4.79 Å². The zero-order valence-electron chi connectivity index (χ0n) is 22.2. The van der Waals surface area contributed by atoms with Gasteiger partial charge in [0.1, 0.15) is 5.82 Å². The van der Waals surface area contributed by atoms with E-state index in [1.165, 1.54) is 17.7 Å². The Morgan fingerprint density at radius 3 is 2.42 bits per heavy atom. The topological polar surface area (TPSA) is 34.0 Å². The van der Waals surface area contributed by atoms with Crippen molar-refractivity contribution >= 4 is 17.2 Å². The number of carbonyl (C=O) groups excluding carboxylic acids is 1. The number of benzene rings is 3. The molecule has 0 fully saturated rings. The molecule has 5 rings (SSSR count). The van der Waals surface area contributed by atoms with E-state index in [1.807, 2.05) is 42.5 Å². The van der Waals surface area contributed by atoms with E-state index in [2.05, 4.69) is 73.1 Å². The summed E-state index contributed by atoms with van der Waals surface area (Å²) in [5.74, 6) is -0.334. The van der Waals surface area contributed by atoms with Crippen LogP contribution in [0.5, 0.6) is 0 Å². The van der Waals surface area contributed by atoms with Gasteiger partial charge < -0.3 is 9.88 Å². The number of para-hydroxylation sites is 1. The lowest BCUT2D eigenvalue weighted by molar-refractivity contribution is 0.102. The summed E-state index contributed by atoms with van der Waals surface area (Å²) >= 11 is 0. The summed E-state index contributed by atoms with van der Waals surface area (Å²) in [6, 6.07) is 24.7. The fourth-order valence-corrected chi connectivity index (χ4v) is 5.37. The first-order valence-corrected chi connectivity index (χ1v) is 13.2. The second kappa shape index (κ2) is 11.1. The van der Waals surface area contributed by atoms with Gasteiger partial charge >= 0.3 is 0 Å². The average Bonchev–Trinajstić information content (AvgIpc) is 3.25. The molecule has 0 spiro atoms. The number of nitrogens with zero attached hydrogens (tertiary/aromatic N) is 1. The van der Waals surface area contributed by atoms with Crippen molar-refractivity contribution in [3.05, 3.63) is 131 Å². The number of amides is 1. The number of aromatic nitrogens is 1. The Bertz CT molecular complexity index is 1510. The van der Waals surface area contributed by atoms with Crippen LogP contribution in [-0.4, -0.2) is 10.5 Å². The van der Waals surface area contributed by atoms with Gasteiger partial charge in [0, 0.05) is 23.5 Å². The van der Waals surface area contributed by atoms with Gasteiger partial charge in [-0.1, -0.05) is 80.1 Å². The molecular formula is C34H33FN2O. The van der Waals surface area contributed by atoms with Crippen molar-refractivity contribution in [2.45, 2.75) is 46.1 Å². The molecule has 0 saturated carbocycles. The predicted octanol–water partition coefficient (Wildman–Crippen LogP) is 8.76. The van der Waals surface area contributed by atoms with Gasteiger partial charge in [0.05, 0.1) is 11.3 Å². The molecule has 1 amide bonds. The molecule has 1 aliphatic rings. The average molecular weight is 505 g/mol. The number of nitrogens with one attached hydrogen (secondary N) is 1. The van der Waals surface area contributed by atoms with Crippen LogP contribution in [0.15, 0.2) is 97.1 Å². The van der Waals surface area contributed by atoms with Gasteiger partial charge in [-0.2, -0.15) is 0 Å². The van der Waals surface area contributed by atoms with E-state index in [9.17, 15) is 9.18 Å². The maximum absolute atomic E-state index is 14.1. The van der Waals surface area contributed by atoms with Gasteiger partial charge in [0.25, 0.3) is 5.91 Å². The SMILES string of the molecule is Cc1cccc(Cn2c(-c3ccc(F)cc3)c(C3=CC=CCC3)c(C(=O)Nc3ccccc3)c2C(C)C)c1. The molecule has 3 aromatic carbocycles. The Morgan fingerprint density at radius 2 is 1.76 bits per heavy atom. The highest BCUT2D eigenvalue weighted by atomic mass is 19.1. The lowest BCUT2D eigenvalue weighted by atomic mass is 9.90. The number of halogens is 1. The summed E-state index contributed by atoms with van der Waals surface area (Å²) in [5.41, 5.74) is 8.67. The summed E-state index contributed by atoms with van der Waals surface area (Å²) in [4.78, 5) is 14.1. The third-order valence-electron chi connectivity index (χ3n) is 6.99. The van der Waals surface area contributed by atoms with E-state index in [0.717, 1.165) is 52.2 Å². The monoisotopic (exact) mass is 504 g/mol. The molecule has 4 heteroatoms. The number of hydrogen-bond donors (Lipinski definition) is 1. The van der Waals surface area contributed by atoms with Gasteiger partial charge in [-0.05, 0) is 78.8 Å². The molecule has 4 aromatic rings. The van der Waals surface area contributed by atoms with Gasteiger partial charge in [-0.15, -0.1) is 0 Å². The molecule has 0 radical (unpaired) electrons. The lowest BCUT2D eigenvalue weighted by Gasteiger charge is -2.18. The lowest BCUT2D eigenvalue weighted by Crippen LogP contribution is -2.17. The van der Waals surface area contributed by atoms with Crippen molar-refractivity contribution in [2.24, 2.45) is 0 Å². The van der Waals surface area contributed by atoms with Crippen LogP contribution in [-0.2, 0) is 6.54 Å². The molecule has 0 saturated heterocycles. The number of rotatable bonds is 7. The fraction of sp³-hybridized carbons (Fsp3) is 0.206. The van der Waals surface area contributed by atoms with E-state index >= 15 is 0 Å². The van der Waals surface area contributed by atoms with Crippen molar-refractivity contribution in [1.29, 1.82) is 0 Å². The summed E-state index contributed by atoms with van der Waals surface area (Å²) in [5, 5.41) is 3.15. The summed E-state index contributed by atoms with van der Waals surface area (Å²) in [7, 11) is 0. The first-order valence-electron chi connectivity index (χ1n) is 13.2. The second-order valence-electron chi connectivity index (χ2n) is 10.2. The number of aryl methyl sites for hydroxylation is 1. The van der Waals surface area contributed by atoms with Gasteiger partial charge in [0.2, 0.25) is 0 Å². The maximum atomic E-state index is 14.1. The summed E-state index contributed by atoms with van der Waals surface area (Å²) in [6.07, 6.45) is 8.08. The first-order chi connectivity index (χ1) is 18.4. The zero-order chi connectivity index (χ0) is 26.6. The highest BCUT2D eigenvalue weighted by Crippen LogP contribution is 2.42. The van der Waals surface area contributed by atoms with E-state index in [1.54, 1.807) is 0 Å². The number of carbonyl (C=O) groups is 1. The van der Waals surface area contributed by atoms with Crippen molar-refractivity contribution in [3.8, 4) is 11.3 Å². The molecule has 0 unspecified atom stereocenters. The normalized spacial score (nSPS) is 13.0. The minimum absolute atomic E-state index is 0.0732. The van der Waals surface area contributed by atoms with Crippen LogP contribution >= 0.6 is 0 Å². The molecule has 3 nitrogen and oxygen atoms in total. The highest BCUT2D eigenvalue weighted by molar-refractivity contribution is 6.10. The molecule has 1 N–H and O–H groups in total. The summed E-state index contributed by atoms with van der Waals surface area (Å²) in [6.45, 7) is 6.97. The standard InChI is InChI=1S/C34H33FN2O/c1-23(2)32-31(34(38)36-29-15-8-5-9-16-29)30(26-13-6-4-7-14-26)33(27-17-19-28(35)20-18-27)37(32)22-25-12-10-11-24(3)21-25/h4-6,8-13,15-21,23H,7,14,22H2,1-3H3,(H,36,38). The molecule has 0 aliphatic heterocycles. The van der Waals surface area contributed by atoms with Crippen molar-refractivity contribution < 1.29 is 9.18 Å². The van der Waals surface area contributed by atoms with Crippen molar-refractivity contribution in [1.82, 2.24) is 4.57 Å². The number of hydrogen-bond acceptors (Lipinski definition) is 1. The zero-order valence-corrected chi connectivity index (χ0v) is 22.2. The fourth-order valence-electron chi connectivity index (χ4n) is 5.37.